The highest BCUT2D eigenvalue weighted by molar-refractivity contribution is 7.91. The van der Waals surface area contributed by atoms with E-state index >= 15 is 4.39 Å². The molecule has 3 aliphatic heterocycles. The van der Waals surface area contributed by atoms with E-state index in [-0.39, 0.29) is 4.90 Å². The van der Waals surface area contributed by atoms with Crippen LogP contribution < -0.4 is 9.64 Å². The van der Waals surface area contributed by atoms with Gasteiger partial charge in [-0.05, 0) is 89.4 Å². The van der Waals surface area contributed by atoms with Crippen LogP contribution in [0.3, 0.4) is 0 Å². The Kier molecular flexibility index (Phi) is 17.5. The maximum atomic E-state index is 15.9. The maximum Gasteiger partial charge on any atom is 0.213 e. The number of fused-ring (bicyclic) bond motifs is 1. The number of ether oxygens (including phenoxy) is 1. The average molecular weight is 854 g/mol. The summed E-state index contributed by atoms with van der Waals surface area (Å²) in [6, 6.07) is 11.1. The van der Waals surface area contributed by atoms with E-state index in [4.69, 9.17) is 4.74 Å². The van der Waals surface area contributed by atoms with Crippen LogP contribution in [0, 0.1) is 5.82 Å². The van der Waals surface area contributed by atoms with Crippen molar-refractivity contribution in [2.24, 2.45) is 0 Å². The number of rotatable bonds is 21. The first-order valence-electron chi connectivity index (χ1n) is 23.0. The lowest BCUT2D eigenvalue weighted by Gasteiger charge is -2.46. The van der Waals surface area contributed by atoms with Crippen molar-refractivity contribution < 1.29 is 21.8 Å². The van der Waals surface area contributed by atoms with Gasteiger partial charge in [0.05, 0.1) is 17.8 Å². The molecule has 0 spiro atoms. The van der Waals surface area contributed by atoms with Gasteiger partial charge in [-0.2, -0.15) is 0 Å². The summed E-state index contributed by atoms with van der Waals surface area (Å²) in [6.45, 7) is 15.4. The fourth-order valence-corrected chi connectivity index (χ4v) is 11.6. The summed E-state index contributed by atoms with van der Waals surface area (Å²) < 4.78 is 63.3. The van der Waals surface area contributed by atoms with Crippen molar-refractivity contribution in [1.29, 1.82) is 0 Å². The maximum absolute atomic E-state index is 15.9. The van der Waals surface area contributed by atoms with E-state index in [2.05, 4.69) is 45.4 Å². The van der Waals surface area contributed by atoms with Crippen LogP contribution in [0.15, 0.2) is 57.3 Å². The van der Waals surface area contributed by atoms with E-state index in [0.29, 0.717) is 65.1 Å². The summed E-state index contributed by atoms with van der Waals surface area (Å²) in [5.74, 6) is -0.508. The predicted octanol–water partition coefficient (Wildman–Crippen LogP) is 9.48. The molecule has 9 nitrogen and oxygen atoms in total. The number of likely N-dealkylation sites (tertiary alicyclic amines) is 1. The zero-order valence-electron chi connectivity index (χ0n) is 36.5. The summed E-state index contributed by atoms with van der Waals surface area (Å²) >= 11 is 0. The Bertz CT molecular complexity index is 1910. The first-order chi connectivity index (χ1) is 28.6. The molecule has 59 heavy (non-hydrogen) atoms. The first kappa shape index (κ1) is 45.9. The smallest absolute Gasteiger partial charge is 0.213 e. The lowest BCUT2D eigenvalue weighted by Crippen LogP contribution is -2.56. The number of nitrogens with zero attached hydrogens (tertiary/aromatic N) is 5. The van der Waals surface area contributed by atoms with Crippen LogP contribution in [0.2, 0.25) is 0 Å². The fourth-order valence-electron chi connectivity index (χ4n) is 9.57. The molecule has 2 aromatic carbocycles. The minimum atomic E-state index is -4.33. The normalized spacial score (nSPS) is 18.9. The zero-order chi connectivity index (χ0) is 41.8. The van der Waals surface area contributed by atoms with Gasteiger partial charge < -0.3 is 14.5 Å². The lowest BCUT2D eigenvalue weighted by atomic mass is 9.96. The number of halogens is 1. The number of piperazine rings is 1. The summed E-state index contributed by atoms with van der Waals surface area (Å²) in [5.41, 5.74) is 1.14. The summed E-state index contributed by atoms with van der Waals surface area (Å²) in [7, 11) is -5.61. The van der Waals surface area contributed by atoms with Crippen LogP contribution in [-0.2, 0) is 20.6 Å². The Balaban J connectivity index is 1.07. The first-order valence-corrected chi connectivity index (χ1v) is 26.0. The summed E-state index contributed by atoms with van der Waals surface area (Å²) in [5, 5.41) is 0.623. The Morgan fingerprint density at radius 2 is 1.32 bits per heavy atom. The third-order valence-corrected chi connectivity index (χ3v) is 16.0. The Hall–Kier alpha value is -2.64. The van der Waals surface area contributed by atoms with E-state index < -0.39 is 31.3 Å². The van der Waals surface area contributed by atoms with Crippen molar-refractivity contribution in [3.63, 3.8) is 0 Å². The topological polar surface area (TPSA) is 86.3 Å². The molecule has 0 aliphatic carbocycles. The van der Waals surface area contributed by atoms with Gasteiger partial charge in [-0.1, -0.05) is 77.6 Å². The van der Waals surface area contributed by atoms with Gasteiger partial charge in [-0.25, -0.2) is 12.8 Å². The Labute approximate surface area is 357 Å². The van der Waals surface area contributed by atoms with E-state index in [1.807, 2.05) is 0 Å². The Morgan fingerprint density at radius 1 is 0.746 bits per heavy atom. The van der Waals surface area contributed by atoms with Crippen molar-refractivity contribution in [1.82, 2.24) is 19.7 Å². The second-order valence-corrected chi connectivity index (χ2v) is 20.9. The van der Waals surface area contributed by atoms with Gasteiger partial charge in [0.25, 0.3) is 0 Å². The van der Waals surface area contributed by atoms with Crippen molar-refractivity contribution in [2.75, 3.05) is 70.1 Å². The van der Waals surface area contributed by atoms with E-state index in [1.165, 1.54) is 89.0 Å². The Morgan fingerprint density at radius 3 is 1.90 bits per heavy atom. The minimum Gasteiger partial charge on any atom is -0.493 e. The molecular formula is C47H72FN5O4S2. The second kappa shape index (κ2) is 22.5. The molecule has 328 valence electrons. The molecule has 3 aliphatic rings. The lowest BCUT2D eigenvalue weighted by molar-refractivity contribution is 0.0359. The average Bonchev–Trinajstić information content (AvgIpc) is 3.24. The monoisotopic (exact) mass is 854 g/mol. The highest BCUT2D eigenvalue weighted by atomic mass is 32.2. The van der Waals surface area contributed by atoms with Crippen molar-refractivity contribution in [2.45, 2.75) is 156 Å². The largest absolute Gasteiger partial charge is 0.493 e. The third-order valence-electron chi connectivity index (χ3n) is 13.3. The molecule has 12 heteroatoms. The molecule has 0 radical (unpaired) electrons. The SMILES string of the molecule is CCCCCCCCCCCCCCOc1ccc(S(=O)(=O)c2cnc3ccc(S(C)=O)cc3c2N2CCC(N3CCC(N4CCN(C(C)C)CC4)CC3)CC2)c(F)c1. The molecule has 0 N–H and O–H groups in total. The molecule has 0 amide bonds. The highest BCUT2D eigenvalue weighted by Gasteiger charge is 2.35. The van der Waals surface area contributed by atoms with E-state index in [0.717, 1.165) is 71.4 Å². The van der Waals surface area contributed by atoms with Crippen LogP contribution in [0.25, 0.3) is 10.9 Å². The number of benzene rings is 2. The molecule has 3 aromatic rings. The molecule has 6 rings (SSSR count). The van der Waals surface area contributed by atoms with Gasteiger partial charge in [-0.3, -0.25) is 19.0 Å². The molecule has 1 aromatic heterocycles. The predicted molar refractivity (Wildman–Crippen MR) is 241 cm³/mol. The van der Waals surface area contributed by atoms with E-state index in [9.17, 15) is 12.6 Å². The van der Waals surface area contributed by atoms with Gasteiger partial charge in [0.1, 0.15) is 21.4 Å². The number of aromatic nitrogens is 1. The van der Waals surface area contributed by atoms with Gasteiger partial charge in [0.2, 0.25) is 9.84 Å². The quantitative estimate of drug-likeness (QED) is 0.0974. The molecule has 1 atom stereocenters. The molecule has 0 bridgehead atoms. The van der Waals surface area contributed by atoms with Crippen LogP contribution in [0.1, 0.15) is 124 Å². The number of piperidine rings is 2. The molecule has 1 unspecified atom stereocenters. The molecule has 3 fully saturated rings. The third kappa shape index (κ3) is 12.3. The van der Waals surface area contributed by atoms with E-state index in [1.54, 1.807) is 30.5 Å². The minimum absolute atomic E-state index is 0.0232. The number of pyridine rings is 1. The summed E-state index contributed by atoms with van der Waals surface area (Å²) in [4.78, 5) is 14.8. The zero-order valence-corrected chi connectivity index (χ0v) is 38.1. The number of unbranched alkanes of at least 4 members (excludes halogenated alkanes) is 11. The van der Waals surface area contributed by atoms with Crippen LogP contribution in [0.5, 0.6) is 5.75 Å². The van der Waals surface area contributed by atoms with Gasteiger partial charge in [-0.15, -0.1) is 0 Å². The molecule has 3 saturated heterocycles. The molecule has 0 saturated carbocycles. The highest BCUT2D eigenvalue weighted by Crippen LogP contribution is 2.39. The van der Waals surface area contributed by atoms with Gasteiger partial charge in [0.15, 0.2) is 0 Å². The fraction of sp³-hybridized carbons (Fsp3) is 0.681. The van der Waals surface area contributed by atoms with Crippen molar-refractivity contribution in [3.8, 4) is 5.75 Å². The van der Waals surface area contributed by atoms with Gasteiger partial charge >= 0.3 is 0 Å². The van der Waals surface area contributed by atoms with Crippen LogP contribution in [0.4, 0.5) is 10.1 Å². The number of hydrogen-bond acceptors (Lipinski definition) is 9. The van der Waals surface area contributed by atoms with Crippen molar-refractivity contribution in [3.05, 3.63) is 48.4 Å². The standard InChI is InChI=1S/C47H72FN5O4S2/c1-5-6-7-8-9-10-11-12-13-14-15-16-33-57-40-17-20-45(43(48)34-40)59(55,56)46-36-49-44-19-18-41(58(4)54)35-42(44)47(46)53-27-23-38(24-28-53)51-25-21-39(22-26-51)52-31-29-50(30-32-52)37(2)3/h17-20,34-39H,5-16,21-33H2,1-4H3. The van der Waals surface area contributed by atoms with Gasteiger partial charge in [0, 0.05) is 97.0 Å². The van der Waals surface area contributed by atoms with Crippen LogP contribution in [-0.4, -0.2) is 116 Å². The number of anilines is 1. The molecular weight excluding hydrogens is 782 g/mol. The second-order valence-electron chi connectivity index (χ2n) is 17.6. The molecule has 4 heterocycles. The van der Waals surface area contributed by atoms with Crippen molar-refractivity contribution >= 4 is 37.2 Å². The summed E-state index contributed by atoms with van der Waals surface area (Å²) in [6.07, 6.45) is 22.1. The number of sulfone groups is 1. The number of hydrogen-bond donors (Lipinski definition) is 0. The van der Waals surface area contributed by atoms with Crippen LogP contribution >= 0.6 is 0 Å².